The van der Waals surface area contributed by atoms with Gasteiger partial charge in [-0.15, -0.1) is 0 Å². The first-order valence-corrected chi connectivity index (χ1v) is 5.26. The molecule has 0 aliphatic carbocycles. The molecule has 0 saturated heterocycles. The van der Waals surface area contributed by atoms with E-state index in [0.29, 0.717) is 12.0 Å². The van der Waals surface area contributed by atoms with Crippen LogP contribution in [0, 0.1) is 11.6 Å². The molecule has 0 fully saturated rings. The molecule has 2 N–H and O–H groups in total. The standard InChI is InChI=1S/C13H12F2N2/c14-11-2-1-9(7-12(11)15)8-13(16)10-3-5-17-6-4-10/h1-7,13H,8,16H2/t13-/m1/s1. The molecule has 1 atom stereocenters. The number of hydrogen-bond donors (Lipinski definition) is 1. The number of nitrogens with two attached hydrogens (primary N) is 1. The van der Waals surface area contributed by atoms with Crippen LogP contribution in [-0.2, 0) is 6.42 Å². The van der Waals surface area contributed by atoms with Crippen LogP contribution < -0.4 is 5.73 Å². The second kappa shape index (κ2) is 5.01. The lowest BCUT2D eigenvalue weighted by atomic mass is 10.0. The number of halogens is 2. The van der Waals surface area contributed by atoms with Gasteiger partial charge in [-0.25, -0.2) is 8.78 Å². The summed E-state index contributed by atoms with van der Waals surface area (Å²) in [6.07, 6.45) is 3.77. The van der Waals surface area contributed by atoms with Gasteiger partial charge in [0, 0.05) is 18.4 Å². The summed E-state index contributed by atoms with van der Waals surface area (Å²) >= 11 is 0. The largest absolute Gasteiger partial charge is 0.324 e. The molecule has 2 aromatic rings. The molecule has 0 aliphatic rings. The number of aromatic nitrogens is 1. The van der Waals surface area contributed by atoms with Crippen molar-refractivity contribution in [2.75, 3.05) is 0 Å². The maximum Gasteiger partial charge on any atom is 0.159 e. The number of rotatable bonds is 3. The highest BCUT2D eigenvalue weighted by atomic mass is 19.2. The molecular formula is C13H12F2N2. The van der Waals surface area contributed by atoms with Crippen molar-refractivity contribution in [3.05, 3.63) is 65.5 Å². The Morgan fingerprint density at radius 2 is 1.76 bits per heavy atom. The van der Waals surface area contributed by atoms with Crippen LogP contribution in [0.15, 0.2) is 42.7 Å². The van der Waals surface area contributed by atoms with Gasteiger partial charge in [0.25, 0.3) is 0 Å². The second-order valence-electron chi connectivity index (χ2n) is 3.84. The maximum atomic E-state index is 13.0. The minimum Gasteiger partial charge on any atom is -0.324 e. The van der Waals surface area contributed by atoms with Gasteiger partial charge >= 0.3 is 0 Å². The molecule has 0 aliphatic heterocycles. The molecule has 0 bridgehead atoms. The van der Waals surface area contributed by atoms with Gasteiger partial charge in [-0.2, -0.15) is 0 Å². The molecule has 0 saturated carbocycles. The van der Waals surface area contributed by atoms with E-state index >= 15 is 0 Å². The molecule has 2 nitrogen and oxygen atoms in total. The Labute approximate surface area is 98.1 Å². The summed E-state index contributed by atoms with van der Waals surface area (Å²) in [5.41, 5.74) is 7.57. The normalized spacial score (nSPS) is 12.4. The van der Waals surface area contributed by atoms with Crippen molar-refractivity contribution < 1.29 is 8.78 Å². The van der Waals surface area contributed by atoms with Crippen LogP contribution in [0.25, 0.3) is 0 Å². The van der Waals surface area contributed by atoms with Gasteiger partial charge in [-0.1, -0.05) is 6.07 Å². The van der Waals surface area contributed by atoms with Crippen molar-refractivity contribution in [3.63, 3.8) is 0 Å². The summed E-state index contributed by atoms with van der Waals surface area (Å²) in [5.74, 6) is -1.68. The molecule has 0 spiro atoms. The van der Waals surface area contributed by atoms with E-state index in [1.165, 1.54) is 6.07 Å². The Morgan fingerprint density at radius 1 is 1.06 bits per heavy atom. The van der Waals surface area contributed by atoms with Crippen LogP contribution in [-0.4, -0.2) is 4.98 Å². The highest BCUT2D eigenvalue weighted by molar-refractivity contribution is 5.22. The quantitative estimate of drug-likeness (QED) is 0.886. The van der Waals surface area contributed by atoms with E-state index in [1.807, 2.05) is 12.1 Å². The van der Waals surface area contributed by atoms with Crippen LogP contribution in [0.1, 0.15) is 17.2 Å². The molecule has 0 amide bonds. The zero-order valence-corrected chi connectivity index (χ0v) is 9.11. The number of nitrogens with zero attached hydrogens (tertiary/aromatic N) is 1. The van der Waals surface area contributed by atoms with E-state index in [0.717, 1.165) is 11.6 Å². The predicted molar refractivity (Wildman–Crippen MR) is 61.2 cm³/mol. The van der Waals surface area contributed by atoms with Gasteiger partial charge in [0.2, 0.25) is 0 Å². The van der Waals surface area contributed by atoms with Crippen molar-refractivity contribution in [2.45, 2.75) is 12.5 Å². The summed E-state index contributed by atoms with van der Waals surface area (Å²) in [7, 11) is 0. The maximum absolute atomic E-state index is 13.0. The average Bonchev–Trinajstić information content (AvgIpc) is 2.35. The van der Waals surface area contributed by atoms with Crippen LogP contribution in [0.3, 0.4) is 0 Å². The number of benzene rings is 1. The first-order chi connectivity index (χ1) is 8.16. The second-order valence-corrected chi connectivity index (χ2v) is 3.84. The lowest BCUT2D eigenvalue weighted by Gasteiger charge is -2.11. The summed E-state index contributed by atoms with van der Waals surface area (Å²) in [5, 5.41) is 0. The summed E-state index contributed by atoms with van der Waals surface area (Å²) in [6.45, 7) is 0. The van der Waals surface area contributed by atoms with E-state index in [2.05, 4.69) is 4.98 Å². The predicted octanol–water partition coefficient (Wildman–Crippen LogP) is 2.60. The minimum atomic E-state index is -0.843. The third-order valence-electron chi connectivity index (χ3n) is 2.57. The zero-order chi connectivity index (χ0) is 12.3. The average molecular weight is 234 g/mol. The number of hydrogen-bond acceptors (Lipinski definition) is 2. The van der Waals surface area contributed by atoms with E-state index in [9.17, 15) is 8.78 Å². The smallest absolute Gasteiger partial charge is 0.159 e. The van der Waals surface area contributed by atoms with E-state index in [-0.39, 0.29) is 6.04 Å². The first-order valence-electron chi connectivity index (χ1n) is 5.26. The molecule has 1 aromatic carbocycles. The van der Waals surface area contributed by atoms with Crippen molar-refractivity contribution in [2.24, 2.45) is 5.73 Å². The van der Waals surface area contributed by atoms with Crippen LogP contribution in [0.5, 0.6) is 0 Å². The molecule has 1 heterocycles. The SMILES string of the molecule is N[C@H](Cc1ccc(F)c(F)c1)c1ccncc1. The van der Waals surface area contributed by atoms with Gasteiger partial charge in [0.1, 0.15) is 0 Å². The molecular weight excluding hydrogens is 222 g/mol. The molecule has 0 radical (unpaired) electrons. The molecule has 0 unspecified atom stereocenters. The van der Waals surface area contributed by atoms with Crippen LogP contribution in [0.4, 0.5) is 8.78 Å². The molecule has 4 heteroatoms. The van der Waals surface area contributed by atoms with Gasteiger partial charge in [-0.3, -0.25) is 4.98 Å². The fraction of sp³-hybridized carbons (Fsp3) is 0.154. The highest BCUT2D eigenvalue weighted by Gasteiger charge is 2.09. The Kier molecular flexibility index (Phi) is 3.44. The lowest BCUT2D eigenvalue weighted by molar-refractivity contribution is 0.506. The topological polar surface area (TPSA) is 38.9 Å². The highest BCUT2D eigenvalue weighted by Crippen LogP contribution is 2.17. The first kappa shape index (κ1) is 11.7. The van der Waals surface area contributed by atoms with Crippen molar-refractivity contribution in [1.82, 2.24) is 4.98 Å². The summed E-state index contributed by atoms with van der Waals surface area (Å²) in [4.78, 5) is 3.90. The van der Waals surface area contributed by atoms with E-state index in [1.54, 1.807) is 18.5 Å². The minimum absolute atomic E-state index is 0.247. The molecule has 1 aromatic heterocycles. The van der Waals surface area contributed by atoms with E-state index in [4.69, 9.17) is 5.73 Å². The fourth-order valence-corrected chi connectivity index (χ4v) is 1.65. The van der Waals surface area contributed by atoms with Crippen molar-refractivity contribution in [1.29, 1.82) is 0 Å². The summed E-state index contributed by atoms with van der Waals surface area (Å²) in [6, 6.07) is 7.21. The molecule has 88 valence electrons. The fourth-order valence-electron chi connectivity index (χ4n) is 1.65. The van der Waals surface area contributed by atoms with Gasteiger partial charge in [0.15, 0.2) is 11.6 Å². The molecule has 17 heavy (non-hydrogen) atoms. The molecule has 2 rings (SSSR count). The van der Waals surface area contributed by atoms with Gasteiger partial charge < -0.3 is 5.73 Å². The van der Waals surface area contributed by atoms with Crippen molar-refractivity contribution in [3.8, 4) is 0 Å². The lowest BCUT2D eigenvalue weighted by Crippen LogP contribution is -2.13. The van der Waals surface area contributed by atoms with Crippen molar-refractivity contribution >= 4 is 0 Å². The van der Waals surface area contributed by atoms with Gasteiger partial charge in [0.05, 0.1) is 0 Å². The third-order valence-corrected chi connectivity index (χ3v) is 2.57. The number of pyridine rings is 1. The third kappa shape index (κ3) is 2.85. The summed E-state index contributed by atoms with van der Waals surface area (Å²) < 4.78 is 25.8. The van der Waals surface area contributed by atoms with E-state index < -0.39 is 11.6 Å². The Bertz CT molecular complexity index is 500. The Morgan fingerprint density at radius 3 is 2.41 bits per heavy atom. The monoisotopic (exact) mass is 234 g/mol. The zero-order valence-electron chi connectivity index (χ0n) is 9.11. The Balaban J connectivity index is 2.13. The van der Waals surface area contributed by atoms with Gasteiger partial charge in [-0.05, 0) is 41.8 Å². The Hall–Kier alpha value is -1.81. The van der Waals surface area contributed by atoms with Crippen LogP contribution >= 0.6 is 0 Å². The van der Waals surface area contributed by atoms with Crippen LogP contribution in [0.2, 0.25) is 0 Å².